The summed E-state index contributed by atoms with van der Waals surface area (Å²) in [7, 11) is 3.06. The van der Waals surface area contributed by atoms with Gasteiger partial charge in [0.25, 0.3) is 0 Å². The number of hydrogen-bond acceptors (Lipinski definition) is 3. The van der Waals surface area contributed by atoms with Gasteiger partial charge in [0.15, 0.2) is 11.5 Å². The van der Waals surface area contributed by atoms with Gasteiger partial charge in [-0.2, -0.15) is 0 Å². The van der Waals surface area contributed by atoms with Gasteiger partial charge in [-0.25, -0.2) is 0 Å². The molecule has 0 aliphatic carbocycles. The van der Waals surface area contributed by atoms with E-state index in [1.165, 1.54) is 14.2 Å². The normalized spacial score (nSPS) is 10.1. The first kappa shape index (κ1) is 11.1. The summed E-state index contributed by atoms with van der Waals surface area (Å²) in [5.74, 6) is 1.04. The van der Waals surface area contributed by atoms with E-state index >= 15 is 0 Å². The van der Waals surface area contributed by atoms with E-state index in [0.29, 0.717) is 16.5 Å². The van der Waals surface area contributed by atoms with Crippen molar-refractivity contribution in [1.82, 2.24) is 0 Å². The van der Waals surface area contributed by atoms with Crippen LogP contribution in [0.5, 0.6) is 11.5 Å². The quantitative estimate of drug-likeness (QED) is 0.842. The Kier molecular flexibility index (Phi) is 3.61. The molecular formula is C10H13ClO3. The average Bonchev–Trinajstić information content (AvgIpc) is 2.21. The zero-order valence-electron chi connectivity index (χ0n) is 8.43. The van der Waals surface area contributed by atoms with Gasteiger partial charge in [-0.15, -0.1) is 0 Å². The minimum atomic E-state index is -0.0636. The molecule has 0 amide bonds. The Labute approximate surface area is 88.2 Å². The predicted octanol–water partition coefficient (Wildman–Crippen LogP) is 2.16. The smallest absolute Gasteiger partial charge is 0.179 e. The lowest BCUT2D eigenvalue weighted by molar-refractivity contribution is 0.279. The van der Waals surface area contributed by atoms with Crippen LogP contribution in [0.25, 0.3) is 0 Å². The molecule has 1 aromatic rings. The van der Waals surface area contributed by atoms with Gasteiger partial charge in [-0.1, -0.05) is 11.6 Å². The second kappa shape index (κ2) is 4.53. The van der Waals surface area contributed by atoms with Crippen molar-refractivity contribution in [3.63, 3.8) is 0 Å². The number of hydrogen-bond donors (Lipinski definition) is 1. The van der Waals surface area contributed by atoms with Gasteiger partial charge in [0.1, 0.15) is 0 Å². The molecule has 4 heteroatoms. The van der Waals surface area contributed by atoms with Crippen LogP contribution in [0.3, 0.4) is 0 Å². The van der Waals surface area contributed by atoms with Crippen molar-refractivity contribution < 1.29 is 14.6 Å². The van der Waals surface area contributed by atoms with E-state index in [-0.39, 0.29) is 6.61 Å². The van der Waals surface area contributed by atoms with Crippen LogP contribution in [0.4, 0.5) is 0 Å². The number of methoxy groups -OCH3 is 2. The fourth-order valence-corrected chi connectivity index (χ4v) is 1.55. The molecule has 0 radical (unpaired) electrons. The van der Waals surface area contributed by atoms with Crippen molar-refractivity contribution >= 4 is 11.6 Å². The zero-order valence-corrected chi connectivity index (χ0v) is 9.18. The van der Waals surface area contributed by atoms with Crippen LogP contribution in [0, 0.1) is 6.92 Å². The highest BCUT2D eigenvalue weighted by Crippen LogP contribution is 2.39. The summed E-state index contributed by atoms with van der Waals surface area (Å²) in [6.07, 6.45) is 0. The van der Waals surface area contributed by atoms with Crippen molar-refractivity contribution in [3.05, 3.63) is 22.2 Å². The number of ether oxygens (including phenoxy) is 2. The Morgan fingerprint density at radius 1 is 1.36 bits per heavy atom. The second-order valence-corrected chi connectivity index (χ2v) is 3.25. The first-order valence-corrected chi connectivity index (χ1v) is 4.54. The van der Waals surface area contributed by atoms with Crippen LogP contribution in [0.2, 0.25) is 5.02 Å². The fourth-order valence-electron chi connectivity index (χ4n) is 1.26. The van der Waals surface area contributed by atoms with Gasteiger partial charge in [0.05, 0.1) is 25.8 Å². The summed E-state index contributed by atoms with van der Waals surface area (Å²) in [6, 6.07) is 1.72. The second-order valence-electron chi connectivity index (χ2n) is 2.87. The average molecular weight is 217 g/mol. The van der Waals surface area contributed by atoms with E-state index in [4.69, 9.17) is 26.2 Å². The Morgan fingerprint density at radius 3 is 2.43 bits per heavy atom. The van der Waals surface area contributed by atoms with Gasteiger partial charge in [0.2, 0.25) is 0 Å². The van der Waals surface area contributed by atoms with Gasteiger partial charge in [0, 0.05) is 0 Å². The summed E-state index contributed by atoms with van der Waals surface area (Å²) in [5, 5.41) is 9.55. The number of aliphatic hydroxyl groups excluding tert-OH is 1. The maximum Gasteiger partial charge on any atom is 0.179 e. The lowest BCUT2D eigenvalue weighted by Crippen LogP contribution is -1.97. The fraction of sp³-hybridized carbons (Fsp3) is 0.400. The van der Waals surface area contributed by atoms with Crippen molar-refractivity contribution in [3.8, 4) is 11.5 Å². The maximum atomic E-state index is 9.07. The minimum Gasteiger partial charge on any atom is -0.493 e. The van der Waals surface area contributed by atoms with Crippen molar-refractivity contribution in [2.75, 3.05) is 14.2 Å². The third-order valence-corrected chi connectivity index (χ3v) is 2.59. The Morgan fingerprint density at radius 2 is 2.00 bits per heavy atom. The molecule has 1 rings (SSSR count). The summed E-state index contributed by atoms with van der Waals surface area (Å²) in [4.78, 5) is 0. The van der Waals surface area contributed by atoms with Crippen LogP contribution in [0.1, 0.15) is 11.1 Å². The lowest BCUT2D eigenvalue weighted by Gasteiger charge is -2.13. The highest BCUT2D eigenvalue weighted by atomic mass is 35.5. The molecule has 0 unspecified atom stereocenters. The molecule has 1 aromatic carbocycles. The van der Waals surface area contributed by atoms with Crippen LogP contribution >= 0.6 is 11.6 Å². The first-order valence-electron chi connectivity index (χ1n) is 4.16. The first-order chi connectivity index (χ1) is 6.65. The predicted molar refractivity (Wildman–Crippen MR) is 55.2 cm³/mol. The molecule has 78 valence electrons. The highest BCUT2D eigenvalue weighted by Gasteiger charge is 2.14. The third-order valence-electron chi connectivity index (χ3n) is 2.13. The number of aliphatic hydroxyl groups is 1. The van der Waals surface area contributed by atoms with E-state index in [1.807, 2.05) is 6.92 Å². The van der Waals surface area contributed by atoms with Crippen molar-refractivity contribution in [1.29, 1.82) is 0 Å². The van der Waals surface area contributed by atoms with Crippen LogP contribution in [-0.2, 0) is 6.61 Å². The van der Waals surface area contributed by atoms with Crippen molar-refractivity contribution in [2.45, 2.75) is 13.5 Å². The highest BCUT2D eigenvalue weighted by molar-refractivity contribution is 6.33. The number of rotatable bonds is 3. The van der Waals surface area contributed by atoms with Crippen LogP contribution < -0.4 is 9.47 Å². The van der Waals surface area contributed by atoms with E-state index in [1.54, 1.807) is 6.07 Å². The van der Waals surface area contributed by atoms with E-state index < -0.39 is 0 Å². The Hall–Kier alpha value is -0.930. The Bertz CT molecular complexity index is 337. The molecule has 0 saturated carbocycles. The van der Waals surface area contributed by atoms with Gasteiger partial charge >= 0.3 is 0 Å². The molecule has 1 N–H and O–H groups in total. The lowest BCUT2D eigenvalue weighted by atomic mass is 10.1. The number of benzene rings is 1. The van der Waals surface area contributed by atoms with E-state index in [9.17, 15) is 0 Å². The van der Waals surface area contributed by atoms with Gasteiger partial charge in [-0.3, -0.25) is 0 Å². The molecule has 0 saturated heterocycles. The molecule has 0 aromatic heterocycles. The standard InChI is InChI=1S/C10H13ClO3/c1-6-7(5-12)4-8(13-2)10(14-3)9(6)11/h4,12H,5H2,1-3H3. The van der Waals surface area contributed by atoms with Crippen LogP contribution in [0.15, 0.2) is 6.07 Å². The zero-order chi connectivity index (χ0) is 10.7. The summed E-state index contributed by atoms with van der Waals surface area (Å²) in [5.41, 5.74) is 1.56. The third kappa shape index (κ3) is 1.79. The maximum absolute atomic E-state index is 9.07. The van der Waals surface area contributed by atoms with Gasteiger partial charge < -0.3 is 14.6 Å². The van der Waals surface area contributed by atoms with Crippen molar-refractivity contribution in [2.24, 2.45) is 0 Å². The number of halogens is 1. The van der Waals surface area contributed by atoms with Gasteiger partial charge in [-0.05, 0) is 24.1 Å². The molecule has 3 nitrogen and oxygen atoms in total. The molecule has 0 aliphatic rings. The monoisotopic (exact) mass is 216 g/mol. The molecular weight excluding hydrogens is 204 g/mol. The summed E-state index contributed by atoms with van der Waals surface area (Å²) >= 11 is 6.05. The Balaban J connectivity index is 3.38. The molecule has 0 fully saturated rings. The van der Waals surface area contributed by atoms with E-state index in [2.05, 4.69) is 0 Å². The summed E-state index contributed by atoms with van der Waals surface area (Å²) in [6.45, 7) is 1.77. The largest absolute Gasteiger partial charge is 0.493 e. The molecule has 0 heterocycles. The molecule has 0 aliphatic heterocycles. The minimum absolute atomic E-state index is 0.0636. The molecule has 0 atom stereocenters. The van der Waals surface area contributed by atoms with E-state index in [0.717, 1.165) is 11.1 Å². The molecule has 0 spiro atoms. The molecule has 0 bridgehead atoms. The summed E-state index contributed by atoms with van der Waals surface area (Å²) < 4.78 is 10.2. The SMILES string of the molecule is COc1cc(CO)c(C)c(Cl)c1OC. The van der Waals surface area contributed by atoms with Crippen LogP contribution in [-0.4, -0.2) is 19.3 Å². The molecule has 14 heavy (non-hydrogen) atoms. The topological polar surface area (TPSA) is 38.7 Å².